The average molecular weight is 559 g/mol. The van der Waals surface area contributed by atoms with Crippen molar-refractivity contribution in [2.75, 3.05) is 32.0 Å². The van der Waals surface area contributed by atoms with Gasteiger partial charge in [0.2, 0.25) is 10.0 Å². The maximum atomic E-state index is 12.2. The van der Waals surface area contributed by atoms with Crippen LogP contribution in [0.25, 0.3) is 0 Å². The summed E-state index contributed by atoms with van der Waals surface area (Å²) in [7, 11) is -3.39. The maximum Gasteiger partial charge on any atom is 0.213 e. The van der Waals surface area contributed by atoms with Crippen molar-refractivity contribution in [1.29, 1.82) is 0 Å². The molecule has 1 aromatic carbocycles. The van der Waals surface area contributed by atoms with Gasteiger partial charge in [-0.3, -0.25) is 4.99 Å². The molecule has 0 amide bonds. The molecule has 0 radical (unpaired) electrons. The molecule has 1 saturated heterocycles. The Kier molecular flexibility index (Phi) is 12.4. The summed E-state index contributed by atoms with van der Waals surface area (Å²) in [5.74, 6) is 0.484. The number of hydrogen-bond acceptors (Lipinski definition) is 4. The highest BCUT2D eigenvalue weighted by atomic mass is 127. The molecule has 0 aromatic heterocycles. The Labute approximate surface area is 196 Å². The van der Waals surface area contributed by atoms with Gasteiger partial charge in [-0.2, -0.15) is 0 Å². The summed E-state index contributed by atoms with van der Waals surface area (Å²) in [5, 5.41) is 7.07. The van der Waals surface area contributed by atoms with Gasteiger partial charge in [0, 0.05) is 24.7 Å². The molecule has 2 atom stereocenters. The van der Waals surface area contributed by atoms with Gasteiger partial charge in [-0.1, -0.05) is 29.8 Å². The fourth-order valence-corrected chi connectivity index (χ4v) is 4.18. The van der Waals surface area contributed by atoms with Crippen LogP contribution < -0.4 is 15.4 Å². The van der Waals surface area contributed by atoms with E-state index >= 15 is 0 Å². The van der Waals surface area contributed by atoms with Crippen LogP contribution in [0.4, 0.5) is 0 Å². The zero-order valence-corrected chi connectivity index (χ0v) is 20.9. The van der Waals surface area contributed by atoms with E-state index in [0.29, 0.717) is 30.7 Å². The van der Waals surface area contributed by atoms with E-state index in [-0.39, 0.29) is 48.4 Å². The standard InChI is InChI=1S/C19H31ClN4O3S.HI/c1-3-21-19(24-15(2)17-9-4-5-10-18(17)20)22-11-13-28(25,26)23-14-16-8-6-7-12-27-16;/h4-5,9-10,15-16,23H,3,6-8,11-14H2,1-2H3,(H2,21,22,24);1H. The number of nitrogens with one attached hydrogen (secondary N) is 3. The first-order chi connectivity index (χ1) is 13.4. The number of aliphatic imine (C=N–C) groups is 1. The fourth-order valence-electron chi connectivity index (χ4n) is 2.97. The number of rotatable bonds is 9. The molecule has 1 aliphatic heterocycles. The Hall–Kier alpha value is -0.620. The lowest BCUT2D eigenvalue weighted by Gasteiger charge is -2.22. The number of ether oxygens (including phenoxy) is 1. The van der Waals surface area contributed by atoms with Crippen LogP contribution in [0.2, 0.25) is 5.02 Å². The quantitative estimate of drug-likeness (QED) is 0.246. The minimum atomic E-state index is -3.39. The van der Waals surface area contributed by atoms with E-state index in [1.165, 1.54) is 0 Å². The van der Waals surface area contributed by atoms with Gasteiger partial charge in [0.25, 0.3) is 0 Å². The van der Waals surface area contributed by atoms with E-state index in [1.54, 1.807) is 0 Å². The predicted octanol–water partition coefficient (Wildman–Crippen LogP) is 3.06. The van der Waals surface area contributed by atoms with Crippen LogP contribution in [-0.2, 0) is 14.8 Å². The molecule has 3 N–H and O–H groups in total. The molecule has 1 aromatic rings. The number of nitrogens with zero attached hydrogens (tertiary/aromatic N) is 1. The Morgan fingerprint density at radius 1 is 1.34 bits per heavy atom. The van der Waals surface area contributed by atoms with Gasteiger partial charge in [0.15, 0.2) is 5.96 Å². The van der Waals surface area contributed by atoms with Gasteiger partial charge in [-0.05, 0) is 44.7 Å². The predicted molar refractivity (Wildman–Crippen MR) is 130 cm³/mol. The highest BCUT2D eigenvalue weighted by molar-refractivity contribution is 14.0. The number of halogens is 2. The summed E-state index contributed by atoms with van der Waals surface area (Å²) in [4.78, 5) is 4.39. The molecule has 0 aliphatic carbocycles. The number of sulfonamides is 1. The van der Waals surface area contributed by atoms with Gasteiger partial charge in [0.05, 0.1) is 24.4 Å². The van der Waals surface area contributed by atoms with E-state index in [0.717, 1.165) is 24.8 Å². The minimum Gasteiger partial charge on any atom is -0.377 e. The largest absolute Gasteiger partial charge is 0.377 e. The van der Waals surface area contributed by atoms with Crippen LogP contribution in [0.3, 0.4) is 0 Å². The molecule has 166 valence electrons. The molecule has 1 heterocycles. The van der Waals surface area contributed by atoms with Crippen LogP contribution in [0.1, 0.15) is 44.7 Å². The molecule has 1 aliphatic rings. The lowest BCUT2D eigenvalue weighted by atomic mass is 10.1. The number of guanidine groups is 1. The second-order valence-corrected chi connectivity index (χ2v) is 9.14. The number of hydrogen-bond donors (Lipinski definition) is 3. The van der Waals surface area contributed by atoms with Crippen molar-refractivity contribution in [2.45, 2.75) is 45.3 Å². The summed E-state index contributed by atoms with van der Waals surface area (Å²) in [6.07, 6.45) is 3.00. The van der Waals surface area contributed by atoms with Gasteiger partial charge >= 0.3 is 0 Å². The van der Waals surface area contributed by atoms with Gasteiger partial charge in [-0.15, -0.1) is 24.0 Å². The summed E-state index contributed by atoms with van der Waals surface area (Å²) in [6, 6.07) is 7.54. The lowest BCUT2D eigenvalue weighted by molar-refractivity contribution is 0.0200. The zero-order valence-electron chi connectivity index (χ0n) is 17.0. The Morgan fingerprint density at radius 3 is 2.76 bits per heavy atom. The SMILES string of the molecule is CCNC(=NCCS(=O)(=O)NCC1CCCCO1)NC(C)c1ccccc1Cl.I. The van der Waals surface area contributed by atoms with Gasteiger partial charge < -0.3 is 15.4 Å². The highest BCUT2D eigenvalue weighted by Gasteiger charge is 2.17. The topological polar surface area (TPSA) is 91.8 Å². The molecular weight excluding hydrogens is 527 g/mol. The average Bonchev–Trinajstić information content (AvgIpc) is 2.67. The minimum absolute atomic E-state index is 0. The first-order valence-electron chi connectivity index (χ1n) is 9.79. The van der Waals surface area contributed by atoms with E-state index in [2.05, 4.69) is 20.3 Å². The fraction of sp³-hybridized carbons (Fsp3) is 0.632. The van der Waals surface area contributed by atoms with Crippen molar-refractivity contribution in [3.63, 3.8) is 0 Å². The molecule has 2 unspecified atom stereocenters. The molecule has 1 fully saturated rings. The summed E-state index contributed by atoms with van der Waals surface area (Å²) in [6.45, 7) is 5.80. The van der Waals surface area contributed by atoms with Gasteiger partial charge in [0.1, 0.15) is 0 Å². The van der Waals surface area contributed by atoms with Crippen LogP contribution in [0.5, 0.6) is 0 Å². The van der Waals surface area contributed by atoms with Crippen LogP contribution >= 0.6 is 35.6 Å². The monoisotopic (exact) mass is 558 g/mol. The third-order valence-corrected chi connectivity index (χ3v) is 6.17. The van der Waals surface area contributed by atoms with E-state index in [1.807, 2.05) is 38.1 Å². The van der Waals surface area contributed by atoms with Gasteiger partial charge in [-0.25, -0.2) is 13.1 Å². The molecular formula is C19H32ClIN4O3S. The normalized spacial score (nSPS) is 18.6. The molecule has 0 saturated carbocycles. The molecule has 0 bridgehead atoms. The summed E-state index contributed by atoms with van der Waals surface area (Å²) in [5.41, 5.74) is 0.955. The Balaban J connectivity index is 0.00000420. The second kappa shape index (κ2) is 13.6. The summed E-state index contributed by atoms with van der Waals surface area (Å²) < 4.78 is 32.6. The highest BCUT2D eigenvalue weighted by Crippen LogP contribution is 2.21. The molecule has 2 rings (SSSR count). The third kappa shape index (κ3) is 9.82. The molecule has 10 heteroatoms. The van der Waals surface area contributed by atoms with Crippen LogP contribution in [0.15, 0.2) is 29.3 Å². The Morgan fingerprint density at radius 2 is 2.10 bits per heavy atom. The first-order valence-corrected chi connectivity index (χ1v) is 11.8. The van der Waals surface area contributed by atoms with E-state index < -0.39 is 10.0 Å². The van der Waals surface area contributed by atoms with Crippen LogP contribution in [-0.4, -0.2) is 52.5 Å². The molecule has 7 nitrogen and oxygen atoms in total. The van der Waals surface area contributed by atoms with E-state index in [4.69, 9.17) is 16.3 Å². The summed E-state index contributed by atoms with van der Waals surface area (Å²) >= 11 is 6.24. The third-order valence-electron chi connectivity index (χ3n) is 4.50. The lowest BCUT2D eigenvalue weighted by Crippen LogP contribution is -2.40. The zero-order chi connectivity index (χ0) is 20.4. The van der Waals surface area contributed by atoms with Crippen molar-refractivity contribution >= 4 is 51.6 Å². The van der Waals surface area contributed by atoms with Crippen molar-refractivity contribution in [3.05, 3.63) is 34.9 Å². The first kappa shape index (κ1) is 26.4. The van der Waals surface area contributed by atoms with E-state index in [9.17, 15) is 8.42 Å². The second-order valence-electron chi connectivity index (χ2n) is 6.80. The Bertz CT molecular complexity index is 743. The van der Waals surface area contributed by atoms with Crippen molar-refractivity contribution < 1.29 is 13.2 Å². The van der Waals surface area contributed by atoms with Crippen LogP contribution in [0, 0.1) is 0 Å². The van der Waals surface area contributed by atoms with Crippen molar-refractivity contribution in [1.82, 2.24) is 15.4 Å². The number of benzene rings is 1. The smallest absolute Gasteiger partial charge is 0.213 e. The molecule has 29 heavy (non-hydrogen) atoms. The maximum absolute atomic E-state index is 12.2. The molecule has 0 spiro atoms. The van der Waals surface area contributed by atoms with Crippen molar-refractivity contribution in [2.24, 2.45) is 4.99 Å². The van der Waals surface area contributed by atoms with Crippen molar-refractivity contribution in [3.8, 4) is 0 Å².